The molecule has 0 aliphatic carbocycles. The topological polar surface area (TPSA) is 32.8 Å². The Morgan fingerprint density at radius 3 is 2.64 bits per heavy atom. The predicted octanol–water partition coefficient (Wildman–Crippen LogP) is 3.63. The molecule has 4 nitrogen and oxygen atoms in total. The van der Waals surface area contributed by atoms with Crippen LogP contribution in [0.3, 0.4) is 0 Å². The third-order valence-corrected chi connectivity index (χ3v) is 5.62. The monoisotopic (exact) mass is 344 g/mol. The molecule has 0 spiro atoms. The highest BCUT2D eigenvalue weighted by molar-refractivity contribution is 5.78. The first kappa shape index (κ1) is 18.2. The van der Waals surface area contributed by atoms with E-state index in [1.807, 2.05) is 31.2 Å². The van der Waals surface area contributed by atoms with Crippen molar-refractivity contribution < 1.29 is 9.53 Å². The van der Waals surface area contributed by atoms with E-state index in [0.717, 1.165) is 43.7 Å². The SMILES string of the molecule is Cc1ccccc1OCC(=O)N1CCCC[C@H]1CCN1CCCCC1. The van der Waals surface area contributed by atoms with Gasteiger partial charge in [0.25, 0.3) is 5.91 Å². The second kappa shape index (κ2) is 9.23. The molecule has 1 aromatic rings. The first-order valence-corrected chi connectivity index (χ1v) is 9.94. The number of ether oxygens (including phenoxy) is 1. The van der Waals surface area contributed by atoms with Crippen molar-refractivity contribution >= 4 is 5.91 Å². The summed E-state index contributed by atoms with van der Waals surface area (Å²) in [6, 6.07) is 8.29. The van der Waals surface area contributed by atoms with Gasteiger partial charge >= 0.3 is 0 Å². The van der Waals surface area contributed by atoms with Crippen LogP contribution in [-0.2, 0) is 4.79 Å². The summed E-state index contributed by atoms with van der Waals surface area (Å²) in [4.78, 5) is 17.4. The Bertz CT molecular complexity index is 555. The molecule has 4 heteroatoms. The summed E-state index contributed by atoms with van der Waals surface area (Å²) in [6.45, 7) is 6.66. The molecule has 2 aliphatic rings. The lowest BCUT2D eigenvalue weighted by Crippen LogP contribution is -2.47. The summed E-state index contributed by atoms with van der Waals surface area (Å²) in [6.07, 6.45) is 8.65. The standard InChI is InChI=1S/C21H32N2O2/c1-18-9-3-4-11-20(18)25-17-21(24)23-15-8-5-10-19(23)12-16-22-13-6-2-7-14-22/h3-4,9,11,19H,2,5-8,10,12-17H2,1H3/t19-/m0/s1. The molecule has 0 saturated carbocycles. The van der Waals surface area contributed by atoms with Crippen LogP contribution in [0.4, 0.5) is 0 Å². The van der Waals surface area contributed by atoms with Crippen LogP contribution in [0.1, 0.15) is 50.5 Å². The van der Waals surface area contributed by atoms with Gasteiger partial charge in [0.2, 0.25) is 0 Å². The zero-order valence-electron chi connectivity index (χ0n) is 15.6. The van der Waals surface area contributed by atoms with E-state index in [9.17, 15) is 4.79 Å². The normalized spacial score (nSPS) is 22.0. The van der Waals surface area contributed by atoms with Gasteiger partial charge in [-0.1, -0.05) is 24.6 Å². The fraction of sp³-hybridized carbons (Fsp3) is 0.667. The Labute approximate surface area is 152 Å². The third-order valence-electron chi connectivity index (χ3n) is 5.62. The molecule has 3 rings (SSSR count). The summed E-state index contributed by atoms with van der Waals surface area (Å²) in [5.74, 6) is 0.962. The van der Waals surface area contributed by atoms with Crippen molar-refractivity contribution in [2.24, 2.45) is 0 Å². The zero-order valence-corrected chi connectivity index (χ0v) is 15.6. The summed E-state index contributed by atoms with van der Waals surface area (Å²) in [5.41, 5.74) is 1.08. The summed E-state index contributed by atoms with van der Waals surface area (Å²) in [5, 5.41) is 0. The van der Waals surface area contributed by atoms with Crippen LogP contribution in [0.25, 0.3) is 0 Å². The van der Waals surface area contributed by atoms with Gasteiger partial charge in [0.1, 0.15) is 5.75 Å². The number of carbonyl (C=O) groups excluding carboxylic acids is 1. The molecule has 1 atom stereocenters. The van der Waals surface area contributed by atoms with Crippen molar-refractivity contribution in [1.82, 2.24) is 9.80 Å². The Morgan fingerprint density at radius 1 is 1.08 bits per heavy atom. The van der Waals surface area contributed by atoms with Gasteiger partial charge in [0, 0.05) is 19.1 Å². The maximum absolute atomic E-state index is 12.7. The summed E-state index contributed by atoms with van der Waals surface area (Å²) < 4.78 is 5.79. The van der Waals surface area contributed by atoms with Crippen LogP contribution in [-0.4, -0.2) is 54.5 Å². The minimum Gasteiger partial charge on any atom is -0.484 e. The molecule has 1 amide bonds. The number of benzene rings is 1. The van der Waals surface area contributed by atoms with E-state index in [4.69, 9.17) is 4.74 Å². The van der Waals surface area contributed by atoms with Gasteiger partial charge in [-0.05, 0) is 70.2 Å². The highest BCUT2D eigenvalue weighted by Crippen LogP contribution is 2.22. The Morgan fingerprint density at radius 2 is 1.84 bits per heavy atom. The van der Waals surface area contributed by atoms with Crippen LogP contribution in [0.5, 0.6) is 5.75 Å². The number of likely N-dealkylation sites (tertiary alicyclic amines) is 2. The van der Waals surface area contributed by atoms with Crippen molar-refractivity contribution in [3.8, 4) is 5.75 Å². The second-order valence-electron chi connectivity index (χ2n) is 7.48. The lowest BCUT2D eigenvalue weighted by molar-refractivity contribution is -0.137. The molecular weight excluding hydrogens is 312 g/mol. The molecule has 0 aromatic heterocycles. The molecule has 25 heavy (non-hydrogen) atoms. The number of hydrogen-bond donors (Lipinski definition) is 0. The van der Waals surface area contributed by atoms with E-state index in [-0.39, 0.29) is 12.5 Å². The van der Waals surface area contributed by atoms with E-state index in [1.165, 1.54) is 38.8 Å². The van der Waals surface area contributed by atoms with E-state index < -0.39 is 0 Å². The van der Waals surface area contributed by atoms with Gasteiger partial charge in [-0.25, -0.2) is 0 Å². The lowest BCUT2D eigenvalue weighted by Gasteiger charge is -2.37. The van der Waals surface area contributed by atoms with Crippen LogP contribution in [0, 0.1) is 6.92 Å². The van der Waals surface area contributed by atoms with Crippen LogP contribution < -0.4 is 4.74 Å². The number of amides is 1. The molecule has 2 saturated heterocycles. The molecule has 2 fully saturated rings. The molecule has 0 unspecified atom stereocenters. The molecule has 0 bridgehead atoms. The highest BCUT2D eigenvalue weighted by atomic mass is 16.5. The molecule has 0 N–H and O–H groups in total. The molecule has 2 heterocycles. The maximum Gasteiger partial charge on any atom is 0.260 e. The van der Waals surface area contributed by atoms with Gasteiger partial charge in [0.05, 0.1) is 0 Å². The Kier molecular flexibility index (Phi) is 6.74. The van der Waals surface area contributed by atoms with Gasteiger partial charge in [0.15, 0.2) is 6.61 Å². The van der Waals surface area contributed by atoms with Crippen LogP contribution in [0.2, 0.25) is 0 Å². The van der Waals surface area contributed by atoms with Gasteiger partial charge in [-0.2, -0.15) is 0 Å². The quantitative estimate of drug-likeness (QED) is 0.790. The van der Waals surface area contributed by atoms with Crippen molar-refractivity contribution in [1.29, 1.82) is 0 Å². The average molecular weight is 344 g/mol. The van der Waals surface area contributed by atoms with Crippen molar-refractivity contribution in [2.75, 3.05) is 32.8 Å². The second-order valence-corrected chi connectivity index (χ2v) is 7.48. The van der Waals surface area contributed by atoms with Crippen molar-refractivity contribution in [3.05, 3.63) is 29.8 Å². The third kappa shape index (κ3) is 5.21. The average Bonchev–Trinajstić information content (AvgIpc) is 2.66. The van der Waals surface area contributed by atoms with Crippen LogP contribution in [0.15, 0.2) is 24.3 Å². The Balaban J connectivity index is 1.50. The largest absolute Gasteiger partial charge is 0.484 e. The number of aryl methyl sites for hydroxylation is 1. The number of nitrogens with zero attached hydrogens (tertiary/aromatic N) is 2. The molecule has 1 aromatic carbocycles. The van der Waals surface area contributed by atoms with E-state index in [1.54, 1.807) is 0 Å². The summed E-state index contributed by atoms with van der Waals surface area (Å²) in [7, 11) is 0. The maximum atomic E-state index is 12.7. The van der Waals surface area contributed by atoms with Gasteiger partial charge in [-0.15, -0.1) is 0 Å². The highest BCUT2D eigenvalue weighted by Gasteiger charge is 2.27. The van der Waals surface area contributed by atoms with Gasteiger partial charge < -0.3 is 14.5 Å². The smallest absolute Gasteiger partial charge is 0.260 e. The first-order valence-electron chi connectivity index (χ1n) is 9.94. The molecule has 2 aliphatic heterocycles. The lowest BCUT2D eigenvalue weighted by atomic mass is 9.98. The Hall–Kier alpha value is -1.55. The summed E-state index contributed by atoms with van der Waals surface area (Å²) >= 11 is 0. The van der Waals surface area contributed by atoms with Gasteiger partial charge in [-0.3, -0.25) is 4.79 Å². The van der Waals surface area contributed by atoms with Crippen molar-refractivity contribution in [2.45, 2.75) is 57.9 Å². The fourth-order valence-electron chi connectivity index (χ4n) is 4.08. The molecule has 138 valence electrons. The number of carbonyl (C=O) groups is 1. The number of hydrogen-bond acceptors (Lipinski definition) is 3. The minimum atomic E-state index is 0.145. The molecular formula is C21H32N2O2. The van der Waals surface area contributed by atoms with E-state index in [0.29, 0.717) is 6.04 Å². The van der Waals surface area contributed by atoms with E-state index in [2.05, 4.69) is 9.80 Å². The zero-order chi connectivity index (χ0) is 17.5. The molecule has 0 radical (unpaired) electrons. The fourth-order valence-corrected chi connectivity index (χ4v) is 4.08. The number of rotatable bonds is 6. The van der Waals surface area contributed by atoms with E-state index >= 15 is 0 Å². The minimum absolute atomic E-state index is 0.145. The number of para-hydroxylation sites is 1. The van der Waals surface area contributed by atoms with Crippen LogP contribution >= 0.6 is 0 Å². The number of piperidine rings is 2. The predicted molar refractivity (Wildman–Crippen MR) is 101 cm³/mol. The van der Waals surface area contributed by atoms with Crippen molar-refractivity contribution in [3.63, 3.8) is 0 Å². The first-order chi connectivity index (χ1) is 12.2.